The molecule has 2 nitrogen and oxygen atoms in total. The predicted molar refractivity (Wildman–Crippen MR) is 83.4 cm³/mol. The van der Waals surface area contributed by atoms with Crippen molar-refractivity contribution in [3.05, 3.63) is 34.3 Å². The average molecular weight is 326 g/mol. The fourth-order valence-electron chi connectivity index (χ4n) is 2.74. The highest BCUT2D eigenvalue weighted by Crippen LogP contribution is 2.29. The van der Waals surface area contributed by atoms with Crippen molar-refractivity contribution in [3.8, 4) is 0 Å². The molecule has 1 saturated heterocycles. The Labute approximate surface area is 125 Å². The lowest BCUT2D eigenvalue weighted by Gasteiger charge is -2.39. The van der Waals surface area contributed by atoms with Crippen LogP contribution in [0.3, 0.4) is 0 Å². The van der Waals surface area contributed by atoms with Gasteiger partial charge in [-0.1, -0.05) is 35.0 Å². The maximum Gasteiger partial charge on any atom is 0.0666 e. The van der Waals surface area contributed by atoms with Gasteiger partial charge >= 0.3 is 0 Å². The van der Waals surface area contributed by atoms with Crippen molar-refractivity contribution in [1.29, 1.82) is 0 Å². The van der Waals surface area contributed by atoms with E-state index in [9.17, 15) is 0 Å². The van der Waals surface area contributed by atoms with Gasteiger partial charge in [0, 0.05) is 23.2 Å². The van der Waals surface area contributed by atoms with Gasteiger partial charge in [-0.05, 0) is 50.8 Å². The minimum Gasteiger partial charge on any atom is -0.375 e. The molecule has 2 rings (SSSR count). The largest absolute Gasteiger partial charge is 0.375 e. The SMILES string of the molecule is CCC1(C)CC(N[C@@H](C)c2cccc(Br)c2)CCO1. The van der Waals surface area contributed by atoms with Gasteiger partial charge in [-0.25, -0.2) is 0 Å². The molecule has 0 amide bonds. The van der Waals surface area contributed by atoms with Crippen LogP contribution in [0, 0.1) is 0 Å². The van der Waals surface area contributed by atoms with Crippen molar-refractivity contribution in [2.75, 3.05) is 6.61 Å². The smallest absolute Gasteiger partial charge is 0.0666 e. The zero-order valence-electron chi connectivity index (χ0n) is 12.1. The molecule has 19 heavy (non-hydrogen) atoms. The highest BCUT2D eigenvalue weighted by atomic mass is 79.9. The summed E-state index contributed by atoms with van der Waals surface area (Å²) in [5.74, 6) is 0. The van der Waals surface area contributed by atoms with Crippen LogP contribution in [-0.4, -0.2) is 18.2 Å². The molecule has 3 atom stereocenters. The molecule has 106 valence electrons. The Morgan fingerprint density at radius 1 is 1.53 bits per heavy atom. The molecule has 1 aliphatic rings. The maximum absolute atomic E-state index is 5.90. The fourth-order valence-corrected chi connectivity index (χ4v) is 3.16. The summed E-state index contributed by atoms with van der Waals surface area (Å²) < 4.78 is 7.05. The summed E-state index contributed by atoms with van der Waals surface area (Å²) in [5, 5.41) is 3.75. The number of hydrogen-bond acceptors (Lipinski definition) is 2. The predicted octanol–water partition coefficient (Wildman–Crippen LogP) is 4.45. The third-order valence-corrected chi connectivity index (χ3v) is 4.67. The first-order chi connectivity index (χ1) is 9.02. The minimum atomic E-state index is 0.0485. The molecular formula is C16H24BrNO. The molecule has 1 heterocycles. The number of rotatable bonds is 4. The number of hydrogen-bond donors (Lipinski definition) is 1. The molecule has 1 fully saturated rings. The number of nitrogens with one attached hydrogen (secondary N) is 1. The van der Waals surface area contributed by atoms with Crippen molar-refractivity contribution in [2.45, 2.75) is 57.7 Å². The molecule has 1 N–H and O–H groups in total. The fraction of sp³-hybridized carbons (Fsp3) is 0.625. The minimum absolute atomic E-state index is 0.0485. The van der Waals surface area contributed by atoms with Crippen LogP contribution >= 0.6 is 15.9 Å². The second-order valence-electron chi connectivity index (χ2n) is 5.79. The Bertz CT molecular complexity index is 423. The Balaban J connectivity index is 1.97. The van der Waals surface area contributed by atoms with E-state index < -0.39 is 0 Å². The molecule has 1 aromatic carbocycles. The van der Waals surface area contributed by atoms with Crippen LogP contribution < -0.4 is 5.32 Å². The van der Waals surface area contributed by atoms with Gasteiger partial charge in [-0.15, -0.1) is 0 Å². The van der Waals surface area contributed by atoms with E-state index in [1.54, 1.807) is 0 Å². The highest BCUT2D eigenvalue weighted by Gasteiger charge is 2.32. The van der Waals surface area contributed by atoms with Crippen molar-refractivity contribution in [1.82, 2.24) is 5.32 Å². The summed E-state index contributed by atoms with van der Waals surface area (Å²) in [6.45, 7) is 7.54. The van der Waals surface area contributed by atoms with Crippen molar-refractivity contribution >= 4 is 15.9 Å². The van der Waals surface area contributed by atoms with Crippen LogP contribution in [-0.2, 0) is 4.74 Å². The molecule has 0 saturated carbocycles. The van der Waals surface area contributed by atoms with Crippen molar-refractivity contribution in [3.63, 3.8) is 0 Å². The summed E-state index contributed by atoms with van der Waals surface area (Å²) in [6.07, 6.45) is 3.28. The lowest BCUT2D eigenvalue weighted by molar-refractivity contribution is -0.0789. The van der Waals surface area contributed by atoms with Crippen LogP contribution in [0.5, 0.6) is 0 Å². The first-order valence-electron chi connectivity index (χ1n) is 7.18. The zero-order chi connectivity index (χ0) is 13.9. The molecule has 2 unspecified atom stereocenters. The molecule has 0 aromatic heterocycles. The summed E-state index contributed by atoms with van der Waals surface area (Å²) in [7, 11) is 0. The number of ether oxygens (including phenoxy) is 1. The quantitative estimate of drug-likeness (QED) is 0.883. The number of halogens is 1. The number of benzene rings is 1. The maximum atomic E-state index is 5.90. The summed E-state index contributed by atoms with van der Waals surface area (Å²) in [5.41, 5.74) is 1.38. The van der Waals surface area contributed by atoms with Gasteiger partial charge in [0.05, 0.1) is 5.60 Å². The molecule has 0 radical (unpaired) electrons. The Morgan fingerprint density at radius 3 is 3.00 bits per heavy atom. The van der Waals surface area contributed by atoms with Gasteiger partial charge in [0.15, 0.2) is 0 Å². The van der Waals surface area contributed by atoms with E-state index in [0.717, 1.165) is 30.3 Å². The summed E-state index contributed by atoms with van der Waals surface area (Å²) >= 11 is 3.54. The third kappa shape index (κ3) is 4.04. The topological polar surface area (TPSA) is 21.3 Å². The van der Waals surface area contributed by atoms with Crippen molar-refractivity contribution in [2.24, 2.45) is 0 Å². The van der Waals surface area contributed by atoms with Gasteiger partial charge in [0.25, 0.3) is 0 Å². The van der Waals surface area contributed by atoms with Crippen molar-refractivity contribution < 1.29 is 4.74 Å². The summed E-state index contributed by atoms with van der Waals surface area (Å²) in [4.78, 5) is 0. The first kappa shape index (κ1) is 15.0. The van der Waals surface area contributed by atoms with Gasteiger partial charge in [0.1, 0.15) is 0 Å². The van der Waals surface area contributed by atoms with E-state index in [2.05, 4.69) is 66.3 Å². The molecule has 0 spiro atoms. The molecule has 0 aliphatic carbocycles. The third-order valence-electron chi connectivity index (χ3n) is 4.18. The van der Waals surface area contributed by atoms with Gasteiger partial charge in [-0.2, -0.15) is 0 Å². The van der Waals surface area contributed by atoms with E-state index in [-0.39, 0.29) is 5.60 Å². The highest BCUT2D eigenvalue weighted by molar-refractivity contribution is 9.10. The monoisotopic (exact) mass is 325 g/mol. The Kier molecular flexibility index (Phi) is 5.04. The molecule has 0 bridgehead atoms. The first-order valence-corrected chi connectivity index (χ1v) is 7.97. The van der Waals surface area contributed by atoms with Gasteiger partial charge in [-0.3, -0.25) is 0 Å². The van der Waals surface area contributed by atoms with E-state index in [1.807, 2.05) is 0 Å². The van der Waals surface area contributed by atoms with Gasteiger partial charge < -0.3 is 10.1 Å². The average Bonchev–Trinajstić information content (AvgIpc) is 2.39. The normalized spacial score (nSPS) is 29.2. The van der Waals surface area contributed by atoms with Crippen LogP contribution in [0.15, 0.2) is 28.7 Å². The van der Waals surface area contributed by atoms with E-state index >= 15 is 0 Å². The Morgan fingerprint density at radius 2 is 2.32 bits per heavy atom. The van der Waals surface area contributed by atoms with Gasteiger partial charge in [0.2, 0.25) is 0 Å². The lowest BCUT2D eigenvalue weighted by Crippen LogP contribution is -2.45. The van der Waals surface area contributed by atoms with Crippen LogP contribution in [0.1, 0.15) is 51.6 Å². The van der Waals surface area contributed by atoms with Crippen LogP contribution in [0.25, 0.3) is 0 Å². The standard InChI is InChI=1S/C16H24BrNO/c1-4-16(3)11-15(8-9-19-16)18-12(2)13-6-5-7-14(17)10-13/h5-7,10,12,15,18H,4,8-9,11H2,1-3H3/t12-,15?,16?/m0/s1. The zero-order valence-corrected chi connectivity index (χ0v) is 13.7. The lowest BCUT2D eigenvalue weighted by atomic mass is 9.89. The second-order valence-corrected chi connectivity index (χ2v) is 6.70. The molecule has 1 aromatic rings. The van der Waals surface area contributed by atoms with E-state index in [0.29, 0.717) is 12.1 Å². The second kappa shape index (κ2) is 6.38. The van der Waals surface area contributed by atoms with Crippen LogP contribution in [0.2, 0.25) is 0 Å². The molecule has 1 aliphatic heterocycles. The van der Waals surface area contributed by atoms with E-state index in [1.165, 1.54) is 5.56 Å². The molecule has 3 heteroatoms. The Hall–Kier alpha value is -0.380. The molecular weight excluding hydrogens is 302 g/mol. The van der Waals surface area contributed by atoms with Crippen LogP contribution in [0.4, 0.5) is 0 Å². The summed E-state index contributed by atoms with van der Waals surface area (Å²) in [6, 6.07) is 9.46. The van der Waals surface area contributed by atoms with E-state index in [4.69, 9.17) is 4.74 Å².